The zero-order chi connectivity index (χ0) is 18.8. The smallest absolute Gasteiger partial charge is 0.236 e. The van der Waals surface area contributed by atoms with Crippen molar-refractivity contribution in [3.05, 3.63) is 29.0 Å². The average molecular weight is 461 g/mol. The van der Waals surface area contributed by atoms with Crippen molar-refractivity contribution in [1.82, 2.24) is 20.1 Å². The highest BCUT2D eigenvalue weighted by atomic mass is 35.5. The first-order valence-electron chi connectivity index (χ1n) is 9.40. The third-order valence-electron chi connectivity index (χ3n) is 5.26. The summed E-state index contributed by atoms with van der Waals surface area (Å²) in [6.07, 6.45) is 2.12. The quantitative estimate of drug-likeness (QED) is 0.757. The van der Waals surface area contributed by atoms with Gasteiger partial charge in [-0.2, -0.15) is 0 Å². The Kier molecular flexibility index (Phi) is 8.51. The molecular formula is C19H26Cl2N4O3S. The molecule has 0 aromatic carbocycles. The van der Waals surface area contributed by atoms with Crippen molar-refractivity contribution in [2.45, 2.75) is 32.2 Å². The van der Waals surface area contributed by atoms with E-state index in [2.05, 4.69) is 10.3 Å². The number of aryl methyl sites for hydroxylation is 1. The third-order valence-corrected chi connectivity index (χ3v) is 6.12. The maximum Gasteiger partial charge on any atom is 0.236 e. The van der Waals surface area contributed by atoms with Crippen LogP contribution < -0.4 is 5.32 Å². The molecule has 0 saturated carbocycles. The van der Waals surface area contributed by atoms with E-state index in [1.807, 2.05) is 34.2 Å². The predicted octanol–water partition coefficient (Wildman–Crippen LogP) is 2.52. The zero-order valence-corrected chi connectivity index (χ0v) is 18.7. The highest BCUT2D eigenvalue weighted by Crippen LogP contribution is 2.26. The highest BCUT2D eigenvalue weighted by molar-refractivity contribution is 7.13. The molecule has 7 nitrogen and oxygen atoms in total. The van der Waals surface area contributed by atoms with E-state index < -0.39 is 0 Å². The fraction of sp³-hybridized carbons (Fsp3) is 0.526. The molecule has 2 aliphatic rings. The molecule has 2 amide bonds. The molecule has 4 heterocycles. The van der Waals surface area contributed by atoms with Crippen molar-refractivity contribution in [1.29, 1.82) is 0 Å². The second kappa shape index (κ2) is 10.4. The Labute approximate surface area is 186 Å². The van der Waals surface area contributed by atoms with E-state index in [1.165, 1.54) is 0 Å². The van der Waals surface area contributed by atoms with Crippen LogP contribution in [-0.4, -0.2) is 65.4 Å². The van der Waals surface area contributed by atoms with E-state index in [9.17, 15) is 9.59 Å². The summed E-state index contributed by atoms with van der Waals surface area (Å²) >= 11 is 1.57. The number of thiophene rings is 1. The maximum atomic E-state index is 12.9. The number of oxazole rings is 1. The minimum Gasteiger partial charge on any atom is -0.440 e. The zero-order valence-electron chi connectivity index (χ0n) is 16.3. The Bertz CT molecular complexity index is 828. The van der Waals surface area contributed by atoms with Crippen molar-refractivity contribution in [2.24, 2.45) is 0 Å². The number of nitrogens with zero attached hydrogens (tertiary/aromatic N) is 3. The fourth-order valence-electron chi connectivity index (χ4n) is 3.80. The molecular weight excluding hydrogens is 435 g/mol. The molecule has 0 radical (unpaired) electrons. The second-order valence-electron chi connectivity index (χ2n) is 7.08. The van der Waals surface area contributed by atoms with Gasteiger partial charge >= 0.3 is 0 Å². The third kappa shape index (κ3) is 5.31. The Morgan fingerprint density at radius 3 is 2.93 bits per heavy atom. The predicted molar refractivity (Wildman–Crippen MR) is 117 cm³/mol. The SMILES string of the molecule is Cc1oc(-c2cccs2)nc1CC(=O)N1CCCC(N2CCNCC2=O)C1.Cl.Cl. The molecule has 1 atom stereocenters. The molecule has 2 aromatic rings. The largest absolute Gasteiger partial charge is 0.440 e. The van der Waals surface area contributed by atoms with Crippen LogP contribution >= 0.6 is 36.2 Å². The van der Waals surface area contributed by atoms with Crippen LogP contribution in [0.2, 0.25) is 0 Å². The fourth-order valence-corrected chi connectivity index (χ4v) is 4.44. The van der Waals surface area contributed by atoms with Gasteiger partial charge in [0, 0.05) is 32.2 Å². The van der Waals surface area contributed by atoms with Crippen LogP contribution in [0.5, 0.6) is 0 Å². The van der Waals surface area contributed by atoms with E-state index in [1.54, 1.807) is 11.3 Å². The van der Waals surface area contributed by atoms with Gasteiger partial charge in [0.2, 0.25) is 17.7 Å². The van der Waals surface area contributed by atoms with Crippen LogP contribution in [0.4, 0.5) is 0 Å². The average Bonchev–Trinajstić information content (AvgIpc) is 3.33. The summed E-state index contributed by atoms with van der Waals surface area (Å²) in [7, 11) is 0. The van der Waals surface area contributed by atoms with Gasteiger partial charge in [0.05, 0.1) is 23.5 Å². The molecule has 160 valence electrons. The Hall–Kier alpha value is -1.61. The number of piperidine rings is 1. The standard InChI is InChI=1S/C19H24N4O3S.2ClH/c1-13-15(21-19(26-13)16-5-3-9-27-16)10-17(24)22-7-2-4-14(12-22)23-8-6-20-11-18(23)25;;/h3,5,9,14,20H,2,4,6-8,10-12H2,1H3;2*1H. The Morgan fingerprint density at radius 2 is 2.21 bits per heavy atom. The lowest BCUT2D eigenvalue weighted by Crippen LogP contribution is -2.57. The molecule has 2 aliphatic heterocycles. The molecule has 2 fully saturated rings. The lowest BCUT2D eigenvalue weighted by molar-refractivity contribution is -0.140. The van der Waals surface area contributed by atoms with E-state index in [-0.39, 0.29) is 49.1 Å². The summed E-state index contributed by atoms with van der Waals surface area (Å²) in [5.41, 5.74) is 0.698. The van der Waals surface area contributed by atoms with E-state index in [4.69, 9.17) is 4.42 Å². The number of nitrogens with one attached hydrogen (secondary N) is 1. The number of likely N-dealkylation sites (tertiary alicyclic amines) is 1. The van der Waals surface area contributed by atoms with Crippen molar-refractivity contribution >= 4 is 48.0 Å². The minimum atomic E-state index is 0. The first kappa shape index (κ1) is 23.7. The van der Waals surface area contributed by atoms with Gasteiger partial charge < -0.3 is 19.5 Å². The van der Waals surface area contributed by atoms with Gasteiger partial charge in [-0.15, -0.1) is 36.2 Å². The lowest BCUT2D eigenvalue weighted by Gasteiger charge is -2.41. The topological polar surface area (TPSA) is 78.7 Å². The van der Waals surface area contributed by atoms with Crippen LogP contribution in [-0.2, 0) is 16.0 Å². The van der Waals surface area contributed by atoms with Gasteiger partial charge in [0.15, 0.2) is 0 Å². The molecule has 1 N–H and O–H groups in total. The molecule has 29 heavy (non-hydrogen) atoms. The van der Waals surface area contributed by atoms with Gasteiger partial charge in [0.1, 0.15) is 5.76 Å². The molecule has 4 rings (SSSR count). The Morgan fingerprint density at radius 1 is 1.38 bits per heavy atom. The molecule has 0 spiro atoms. The molecule has 0 aliphatic carbocycles. The summed E-state index contributed by atoms with van der Waals surface area (Å²) in [6, 6.07) is 4.04. The van der Waals surface area contributed by atoms with Gasteiger partial charge in [-0.05, 0) is 31.2 Å². The maximum absolute atomic E-state index is 12.9. The summed E-state index contributed by atoms with van der Waals surface area (Å²) in [4.78, 5) is 34.3. The Balaban J connectivity index is 0.00000150. The number of amides is 2. The normalized spacial score (nSPS) is 19.5. The van der Waals surface area contributed by atoms with Gasteiger partial charge in [-0.25, -0.2) is 4.98 Å². The summed E-state index contributed by atoms with van der Waals surface area (Å²) < 4.78 is 5.75. The number of hydrogen-bond acceptors (Lipinski definition) is 6. The number of hydrogen-bond donors (Lipinski definition) is 1. The van der Waals surface area contributed by atoms with E-state index in [0.29, 0.717) is 30.4 Å². The van der Waals surface area contributed by atoms with Crippen LogP contribution in [0.25, 0.3) is 10.8 Å². The molecule has 10 heteroatoms. The number of carbonyl (C=O) groups excluding carboxylic acids is 2. The first-order valence-corrected chi connectivity index (χ1v) is 10.3. The van der Waals surface area contributed by atoms with Crippen LogP contribution in [0.3, 0.4) is 0 Å². The van der Waals surface area contributed by atoms with Crippen molar-refractivity contribution < 1.29 is 14.0 Å². The lowest BCUT2D eigenvalue weighted by atomic mass is 10.0. The van der Waals surface area contributed by atoms with E-state index >= 15 is 0 Å². The molecule has 2 aromatic heterocycles. The van der Waals surface area contributed by atoms with Crippen molar-refractivity contribution in [2.75, 3.05) is 32.7 Å². The minimum absolute atomic E-state index is 0. The van der Waals surface area contributed by atoms with Crippen LogP contribution in [0.1, 0.15) is 24.3 Å². The van der Waals surface area contributed by atoms with Crippen molar-refractivity contribution in [3.63, 3.8) is 0 Å². The van der Waals surface area contributed by atoms with Gasteiger partial charge in [0.25, 0.3) is 0 Å². The molecule has 0 bridgehead atoms. The monoisotopic (exact) mass is 460 g/mol. The first-order chi connectivity index (χ1) is 13.1. The second-order valence-corrected chi connectivity index (χ2v) is 8.02. The summed E-state index contributed by atoms with van der Waals surface area (Å²) in [5, 5.41) is 5.08. The van der Waals surface area contributed by atoms with Gasteiger partial charge in [-0.3, -0.25) is 9.59 Å². The number of carbonyl (C=O) groups is 2. The number of piperazine rings is 1. The van der Waals surface area contributed by atoms with Gasteiger partial charge in [-0.1, -0.05) is 6.07 Å². The molecule has 2 saturated heterocycles. The van der Waals surface area contributed by atoms with E-state index in [0.717, 1.165) is 37.4 Å². The summed E-state index contributed by atoms with van der Waals surface area (Å²) in [5.74, 6) is 1.45. The molecule has 1 unspecified atom stereocenters. The highest BCUT2D eigenvalue weighted by Gasteiger charge is 2.32. The van der Waals surface area contributed by atoms with Crippen LogP contribution in [0.15, 0.2) is 21.9 Å². The number of rotatable bonds is 4. The summed E-state index contributed by atoms with van der Waals surface area (Å²) in [6.45, 7) is 5.14. The number of aromatic nitrogens is 1. The van der Waals surface area contributed by atoms with Crippen LogP contribution in [0, 0.1) is 6.92 Å². The van der Waals surface area contributed by atoms with Crippen molar-refractivity contribution in [3.8, 4) is 10.8 Å². The number of halogens is 2.